The number of nitrogen functional groups attached to an aromatic ring is 1. The molecule has 5 nitrogen and oxygen atoms in total. The highest BCUT2D eigenvalue weighted by Crippen LogP contribution is 2.22. The Balaban J connectivity index is 2.19. The summed E-state index contributed by atoms with van der Waals surface area (Å²) in [5.74, 6) is 0.0884. The molecule has 0 fully saturated rings. The van der Waals surface area contributed by atoms with Gasteiger partial charge in [-0.1, -0.05) is 0 Å². The number of hydrogen-bond donors (Lipinski definition) is 2. The largest absolute Gasteiger partial charge is 0.494 e. The van der Waals surface area contributed by atoms with Gasteiger partial charge in [0.25, 0.3) is 0 Å². The minimum Gasteiger partial charge on any atom is -0.494 e. The minimum absolute atomic E-state index is 0.189. The highest BCUT2D eigenvalue weighted by Gasteiger charge is 2.04. The van der Waals surface area contributed by atoms with E-state index < -0.39 is 5.82 Å². The average Bonchev–Trinajstić information content (AvgIpc) is 2.32. The van der Waals surface area contributed by atoms with Gasteiger partial charge in [0.15, 0.2) is 11.6 Å². The number of aromatic nitrogens is 2. The first-order valence-electron chi connectivity index (χ1n) is 4.87. The van der Waals surface area contributed by atoms with Crippen molar-refractivity contribution in [2.75, 3.05) is 18.2 Å². The average molecular weight is 234 g/mol. The second-order valence-electron chi connectivity index (χ2n) is 3.31. The molecule has 3 N–H and O–H groups in total. The van der Waals surface area contributed by atoms with Crippen molar-refractivity contribution >= 4 is 17.3 Å². The van der Waals surface area contributed by atoms with Crippen molar-refractivity contribution in [3.05, 3.63) is 36.4 Å². The molecule has 0 unspecified atom stereocenters. The van der Waals surface area contributed by atoms with Crippen molar-refractivity contribution in [2.45, 2.75) is 0 Å². The molecule has 0 atom stereocenters. The zero-order chi connectivity index (χ0) is 12.3. The number of halogens is 1. The fourth-order valence-corrected chi connectivity index (χ4v) is 1.28. The van der Waals surface area contributed by atoms with Gasteiger partial charge in [-0.2, -0.15) is 0 Å². The number of rotatable bonds is 3. The summed E-state index contributed by atoms with van der Waals surface area (Å²) in [6.07, 6.45) is 2.93. The van der Waals surface area contributed by atoms with E-state index in [9.17, 15) is 4.39 Å². The lowest BCUT2D eigenvalue weighted by atomic mass is 10.3. The number of methoxy groups -OCH3 is 1. The summed E-state index contributed by atoms with van der Waals surface area (Å²) in [5.41, 5.74) is 6.46. The van der Waals surface area contributed by atoms with Crippen LogP contribution < -0.4 is 15.8 Å². The molecule has 0 radical (unpaired) electrons. The highest BCUT2D eigenvalue weighted by atomic mass is 19.1. The van der Waals surface area contributed by atoms with Crippen LogP contribution in [0, 0.1) is 5.82 Å². The predicted molar refractivity (Wildman–Crippen MR) is 62.7 cm³/mol. The van der Waals surface area contributed by atoms with Gasteiger partial charge in [-0.15, -0.1) is 0 Å². The lowest BCUT2D eigenvalue weighted by molar-refractivity contribution is 0.386. The number of nitrogens with one attached hydrogen (secondary N) is 1. The molecule has 0 amide bonds. The zero-order valence-electron chi connectivity index (χ0n) is 9.14. The molecule has 0 aliphatic rings. The Morgan fingerprint density at radius 2 is 2.00 bits per heavy atom. The fraction of sp³-hybridized carbons (Fsp3) is 0.0909. The van der Waals surface area contributed by atoms with E-state index in [-0.39, 0.29) is 5.75 Å². The van der Waals surface area contributed by atoms with E-state index in [2.05, 4.69) is 15.3 Å². The lowest BCUT2D eigenvalue weighted by Gasteiger charge is -2.06. The summed E-state index contributed by atoms with van der Waals surface area (Å²) in [6.45, 7) is 0. The van der Waals surface area contributed by atoms with Crippen molar-refractivity contribution in [3.8, 4) is 5.75 Å². The smallest absolute Gasteiger partial charge is 0.227 e. The van der Waals surface area contributed by atoms with Crippen LogP contribution in [0.25, 0.3) is 0 Å². The first kappa shape index (κ1) is 11.1. The Morgan fingerprint density at radius 3 is 2.59 bits per heavy atom. The van der Waals surface area contributed by atoms with Gasteiger partial charge >= 0.3 is 0 Å². The van der Waals surface area contributed by atoms with Gasteiger partial charge in [-0.25, -0.2) is 14.4 Å². The van der Waals surface area contributed by atoms with Gasteiger partial charge in [-0.3, -0.25) is 0 Å². The van der Waals surface area contributed by atoms with Crippen LogP contribution in [0.2, 0.25) is 0 Å². The third-order valence-electron chi connectivity index (χ3n) is 2.08. The standard InChI is InChI=1S/C11H11FN4O/c1-17-10-3-2-8(4-9(10)12)16-11-14-5-7(13)6-15-11/h2-6H,13H2,1H3,(H,14,15,16). The third-order valence-corrected chi connectivity index (χ3v) is 2.08. The van der Waals surface area contributed by atoms with E-state index in [1.807, 2.05) is 0 Å². The summed E-state index contributed by atoms with van der Waals surface area (Å²) < 4.78 is 18.2. The quantitative estimate of drug-likeness (QED) is 0.849. The zero-order valence-corrected chi connectivity index (χ0v) is 9.14. The molecule has 2 aromatic rings. The summed E-state index contributed by atoms with van der Waals surface area (Å²) in [5, 5.41) is 2.85. The van der Waals surface area contributed by atoms with Crippen LogP contribution in [0.5, 0.6) is 5.75 Å². The Morgan fingerprint density at radius 1 is 1.29 bits per heavy atom. The van der Waals surface area contributed by atoms with Crippen LogP contribution in [0.3, 0.4) is 0 Å². The van der Waals surface area contributed by atoms with Gasteiger partial charge in [0.1, 0.15) is 0 Å². The predicted octanol–water partition coefficient (Wildman–Crippen LogP) is 1.95. The SMILES string of the molecule is COc1ccc(Nc2ncc(N)cn2)cc1F. The van der Waals surface area contributed by atoms with Crippen molar-refractivity contribution < 1.29 is 9.13 Å². The number of benzene rings is 1. The minimum atomic E-state index is -0.451. The summed E-state index contributed by atoms with van der Waals surface area (Å²) in [7, 11) is 1.41. The van der Waals surface area contributed by atoms with Crippen LogP contribution in [0.1, 0.15) is 0 Å². The fourth-order valence-electron chi connectivity index (χ4n) is 1.28. The maximum absolute atomic E-state index is 13.4. The number of hydrogen-bond acceptors (Lipinski definition) is 5. The van der Waals surface area contributed by atoms with Gasteiger partial charge in [-0.05, 0) is 12.1 Å². The number of nitrogens with zero attached hydrogens (tertiary/aromatic N) is 2. The van der Waals surface area contributed by atoms with Crippen LogP contribution in [-0.4, -0.2) is 17.1 Å². The topological polar surface area (TPSA) is 73.1 Å². The van der Waals surface area contributed by atoms with Gasteiger partial charge in [0.2, 0.25) is 5.95 Å². The van der Waals surface area contributed by atoms with E-state index in [1.165, 1.54) is 31.6 Å². The molecular weight excluding hydrogens is 223 g/mol. The second kappa shape index (κ2) is 4.65. The Kier molecular flexibility index (Phi) is 3.04. The Hall–Kier alpha value is -2.37. The summed E-state index contributed by atoms with van der Waals surface area (Å²) in [6, 6.07) is 4.50. The maximum atomic E-state index is 13.4. The van der Waals surface area contributed by atoms with E-state index in [0.29, 0.717) is 17.3 Å². The van der Waals surface area contributed by atoms with Crippen molar-refractivity contribution in [3.63, 3.8) is 0 Å². The number of anilines is 3. The van der Waals surface area contributed by atoms with Crippen molar-refractivity contribution in [1.29, 1.82) is 0 Å². The van der Waals surface area contributed by atoms with E-state index in [4.69, 9.17) is 10.5 Å². The molecule has 0 aliphatic heterocycles. The molecule has 0 aliphatic carbocycles. The Bertz CT molecular complexity index is 515. The monoisotopic (exact) mass is 234 g/mol. The number of nitrogens with two attached hydrogens (primary N) is 1. The molecule has 0 spiro atoms. The van der Waals surface area contributed by atoms with Crippen LogP contribution in [0.15, 0.2) is 30.6 Å². The third kappa shape index (κ3) is 2.60. The number of ether oxygens (including phenoxy) is 1. The first-order valence-corrected chi connectivity index (χ1v) is 4.87. The molecule has 88 valence electrons. The van der Waals surface area contributed by atoms with Crippen molar-refractivity contribution in [2.24, 2.45) is 0 Å². The molecule has 2 rings (SSSR count). The molecule has 0 saturated heterocycles. The normalized spacial score (nSPS) is 10.0. The lowest BCUT2D eigenvalue weighted by Crippen LogP contribution is -1.98. The van der Waals surface area contributed by atoms with E-state index in [1.54, 1.807) is 6.07 Å². The van der Waals surface area contributed by atoms with E-state index in [0.717, 1.165) is 0 Å². The molecule has 17 heavy (non-hydrogen) atoms. The van der Waals surface area contributed by atoms with Crippen LogP contribution in [-0.2, 0) is 0 Å². The van der Waals surface area contributed by atoms with Crippen LogP contribution in [0.4, 0.5) is 21.7 Å². The summed E-state index contributed by atoms with van der Waals surface area (Å²) in [4.78, 5) is 7.89. The molecule has 1 aromatic carbocycles. The second-order valence-corrected chi connectivity index (χ2v) is 3.31. The molecule has 1 heterocycles. The highest BCUT2D eigenvalue weighted by molar-refractivity contribution is 5.55. The maximum Gasteiger partial charge on any atom is 0.227 e. The molecule has 0 bridgehead atoms. The molecule has 1 aromatic heterocycles. The van der Waals surface area contributed by atoms with Gasteiger partial charge < -0.3 is 15.8 Å². The molecule has 0 saturated carbocycles. The molecular formula is C11H11FN4O. The summed E-state index contributed by atoms with van der Waals surface area (Å²) >= 11 is 0. The molecule has 6 heteroatoms. The van der Waals surface area contributed by atoms with Crippen LogP contribution >= 0.6 is 0 Å². The van der Waals surface area contributed by atoms with E-state index >= 15 is 0 Å². The first-order chi connectivity index (χ1) is 8.19. The Labute approximate surface area is 97.5 Å². The van der Waals surface area contributed by atoms with Crippen molar-refractivity contribution in [1.82, 2.24) is 9.97 Å². The van der Waals surface area contributed by atoms with Gasteiger partial charge in [0, 0.05) is 11.8 Å². The van der Waals surface area contributed by atoms with Gasteiger partial charge in [0.05, 0.1) is 25.2 Å².